The number of H-pyrrole nitrogens is 1. The third kappa shape index (κ3) is 2.10. The van der Waals surface area contributed by atoms with Crippen LogP contribution in [0.15, 0.2) is 35.3 Å². The van der Waals surface area contributed by atoms with Crippen LogP contribution in [-0.4, -0.2) is 38.7 Å². The summed E-state index contributed by atoms with van der Waals surface area (Å²) in [4.78, 5) is 31.6. The number of nitrogens with zero attached hydrogens (tertiary/aromatic N) is 3. The van der Waals surface area contributed by atoms with Crippen molar-refractivity contribution < 1.29 is 14.3 Å². The average molecular weight is 338 g/mol. The van der Waals surface area contributed by atoms with E-state index in [2.05, 4.69) is 10.1 Å². The van der Waals surface area contributed by atoms with E-state index in [9.17, 15) is 9.59 Å². The SMILES string of the molecule is O=C(c1ccc2c(c1)OCO2)N1CCc2nc3cc[nH]n3c(=O)c2C1. The molecule has 0 unspecified atom stereocenters. The number of hydrogen-bond donors (Lipinski definition) is 1. The molecule has 5 rings (SSSR count). The molecule has 0 aliphatic carbocycles. The van der Waals surface area contributed by atoms with Crippen molar-refractivity contribution in [3.05, 3.63) is 57.6 Å². The largest absolute Gasteiger partial charge is 0.454 e. The number of carbonyl (C=O) groups is 1. The smallest absolute Gasteiger partial charge is 0.277 e. The number of nitrogens with one attached hydrogen (secondary N) is 1. The lowest BCUT2D eigenvalue weighted by Crippen LogP contribution is -2.40. The lowest BCUT2D eigenvalue weighted by atomic mass is 10.1. The number of fused-ring (bicyclic) bond motifs is 3. The van der Waals surface area contributed by atoms with Crippen LogP contribution in [0, 0.1) is 0 Å². The van der Waals surface area contributed by atoms with Gasteiger partial charge in [-0.2, -0.15) is 0 Å². The summed E-state index contributed by atoms with van der Waals surface area (Å²) >= 11 is 0. The first-order valence-electron chi connectivity index (χ1n) is 7.97. The van der Waals surface area contributed by atoms with Crippen molar-refractivity contribution in [2.45, 2.75) is 13.0 Å². The fourth-order valence-electron chi connectivity index (χ4n) is 3.30. The van der Waals surface area contributed by atoms with Crippen molar-refractivity contribution in [3.8, 4) is 11.5 Å². The lowest BCUT2D eigenvalue weighted by Gasteiger charge is -2.27. The van der Waals surface area contributed by atoms with Gasteiger partial charge in [-0.1, -0.05) is 0 Å². The third-order valence-corrected chi connectivity index (χ3v) is 4.60. The molecule has 0 spiro atoms. The highest BCUT2D eigenvalue weighted by Gasteiger charge is 2.27. The van der Waals surface area contributed by atoms with Crippen molar-refractivity contribution in [3.63, 3.8) is 0 Å². The van der Waals surface area contributed by atoms with Crippen LogP contribution in [0.2, 0.25) is 0 Å². The van der Waals surface area contributed by atoms with Crippen molar-refractivity contribution in [2.24, 2.45) is 0 Å². The summed E-state index contributed by atoms with van der Waals surface area (Å²) in [6, 6.07) is 6.88. The maximum Gasteiger partial charge on any atom is 0.277 e. The Morgan fingerprint density at radius 3 is 3.00 bits per heavy atom. The third-order valence-electron chi connectivity index (χ3n) is 4.60. The highest BCUT2D eigenvalue weighted by molar-refractivity contribution is 5.95. The van der Waals surface area contributed by atoms with E-state index >= 15 is 0 Å². The zero-order valence-corrected chi connectivity index (χ0v) is 13.2. The Labute approximate surface area is 141 Å². The van der Waals surface area contributed by atoms with Gasteiger partial charge in [-0.05, 0) is 18.2 Å². The molecule has 1 amide bonds. The highest BCUT2D eigenvalue weighted by atomic mass is 16.7. The summed E-state index contributed by atoms with van der Waals surface area (Å²) in [5.41, 5.74) is 2.27. The second kappa shape index (κ2) is 5.10. The van der Waals surface area contributed by atoms with E-state index in [0.29, 0.717) is 41.2 Å². The van der Waals surface area contributed by atoms with E-state index in [4.69, 9.17) is 9.47 Å². The molecule has 0 fully saturated rings. The molecule has 4 heterocycles. The maximum absolute atomic E-state index is 12.8. The molecule has 2 aliphatic heterocycles. The molecule has 8 nitrogen and oxygen atoms in total. The molecule has 3 aromatic rings. The summed E-state index contributed by atoms with van der Waals surface area (Å²) in [6.45, 7) is 0.933. The zero-order valence-electron chi connectivity index (χ0n) is 13.2. The Kier molecular flexibility index (Phi) is 2.87. The molecule has 0 bridgehead atoms. The number of carbonyl (C=O) groups excluding carboxylic acids is 1. The Morgan fingerprint density at radius 2 is 2.08 bits per heavy atom. The number of ether oxygens (including phenoxy) is 2. The summed E-state index contributed by atoms with van der Waals surface area (Å²) in [5, 5.41) is 2.85. The van der Waals surface area contributed by atoms with Crippen molar-refractivity contribution in [1.82, 2.24) is 19.5 Å². The topological polar surface area (TPSA) is 88.9 Å². The van der Waals surface area contributed by atoms with E-state index in [-0.39, 0.29) is 24.8 Å². The molecule has 2 aliphatic rings. The van der Waals surface area contributed by atoms with Gasteiger partial charge in [-0.25, -0.2) is 9.50 Å². The molecule has 25 heavy (non-hydrogen) atoms. The van der Waals surface area contributed by atoms with Crippen molar-refractivity contribution in [1.29, 1.82) is 0 Å². The second-order valence-electron chi connectivity index (χ2n) is 6.04. The van der Waals surface area contributed by atoms with Crippen LogP contribution in [0.3, 0.4) is 0 Å². The molecule has 0 radical (unpaired) electrons. The number of aromatic amines is 1. The molecular weight excluding hydrogens is 324 g/mol. The van der Waals surface area contributed by atoms with Gasteiger partial charge >= 0.3 is 0 Å². The van der Waals surface area contributed by atoms with Crippen molar-refractivity contribution >= 4 is 11.6 Å². The predicted octanol–water partition coefficient (Wildman–Crippen LogP) is 0.950. The van der Waals surface area contributed by atoms with Gasteiger partial charge in [0.15, 0.2) is 17.1 Å². The number of amides is 1. The molecule has 0 saturated heterocycles. The Hall–Kier alpha value is -3.29. The average Bonchev–Trinajstić information content (AvgIpc) is 3.29. The molecule has 0 atom stereocenters. The molecule has 126 valence electrons. The van der Waals surface area contributed by atoms with Gasteiger partial charge in [0.1, 0.15) is 0 Å². The first kappa shape index (κ1) is 14.1. The minimum Gasteiger partial charge on any atom is -0.454 e. The number of benzene rings is 1. The summed E-state index contributed by atoms with van der Waals surface area (Å²) in [5.74, 6) is 1.06. The van der Waals surface area contributed by atoms with Gasteiger partial charge in [-0.3, -0.25) is 14.7 Å². The normalized spacial score (nSPS) is 15.4. The molecular formula is C17H14N4O4. The van der Waals surface area contributed by atoms with Crippen LogP contribution >= 0.6 is 0 Å². The predicted molar refractivity (Wildman–Crippen MR) is 86.8 cm³/mol. The van der Waals surface area contributed by atoms with Gasteiger partial charge in [0, 0.05) is 30.8 Å². The zero-order chi connectivity index (χ0) is 17.0. The van der Waals surface area contributed by atoms with E-state index in [1.54, 1.807) is 35.4 Å². The molecule has 2 aromatic heterocycles. The number of aromatic nitrogens is 3. The summed E-state index contributed by atoms with van der Waals surface area (Å²) in [6.07, 6.45) is 2.23. The Bertz CT molecular complexity index is 1070. The van der Waals surface area contributed by atoms with Gasteiger partial charge < -0.3 is 14.4 Å². The molecule has 0 saturated carbocycles. The Balaban J connectivity index is 1.49. The molecule has 8 heteroatoms. The monoisotopic (exact) mass is 338 g/mol. The summed E-state index contributed by atoms with van der Waals surface area (Å²) < 4.78 is 12.0. The van der Waals surface area contributed by atoms with Crippen LogP contribution in [0.4, 0.5) is 0 Å². The minimum absolute atomic E-state index is 0.139. The molecule has 1 N–H and O–H groups in total. The Morgan fingerprint density at radius 1 is 1.20 bits per heavy atom. The van der Waals surface area contributed by atoms with Crippen LogP contribution in [0.25, 0.3) is 5.65 Å². The highest BCUT2D eigenvalue weighted by Crippen LogP contribution is 2.33. The van der Waals surface area contributed by atoms with Gasteiger partial charge in [-0.15, -0.1) is 0 Å². The number of hydrogen-bond acceptors (Lipinski definition) is 5. The van der Waals surface area contributed by atoms with E-state index < -0.39 is 0 Å². The summed E-state index contributed by atoms with van der Waals surface area (Å²) in [7, 11) is 0. The quantitative estimate of drug-likeness (QED) is 0.714. The van der Waals surface area contributed by atoms with E-state index in [1.807, 2.05) is 0 Å². The van der Waals surface area contributed by atoms with Crippen LogP contribution in [0.1, 0.15) is 21.6 Å². The molecule has 1 aromatic carbocycles. The van der Waals surface area contributed by atoms with Crippen LogP contribution in [0.5, 0.6) is 11.5 Å². The minimum atomic E-state index is -0.159. The second-order valence-corrected chi connectivity index (χ2v) is 6.04. The van der Waals surface area contributed by atoms with Crippen molar-refractivity contribution in [2.75, 3.05) is 13.3 Å². The first-order valence-corrected chi connectivity index (χ1v) is 7.97. The fraction of sp³-hybridized carbons (Fsp3) is 0.235. The lowest BCUT2D eigenvalue weighted by molar-refractivity contribution is 0.0732. The maximum atomic E-state index is 12.8. The fourth-order valence-corrected chi connectivity index (χ4v) is 3.30. The van der Waals surface area contributed by atoms with Gasteiger partial charge in [0.05, 0.1) is 17.8 Å². The first-order chi connectivity index (χ1) is 12.2. The standard InChI is InChI=1S/C17H14N4O4/c22-16(10-1-2-13-14(7-10)25-9-24-13)20-6-4-12-11(8-20)17(23)21-15(19-12)3-5-18-21/h1-3,5,7,18H,4,6,8-9H2. The van der Waals surface area contributed by atoms with Crippen LogP contribution in [-0.2, 0) is 13.0 Å². The number of rotatable bonds is 1. The van der Waals surface area contributed by atoms with E-state index in [1.165, 1.54) is 4.52 Å². The van der Waals surface area contributed by atoms with Crippen LogP contribution < -0.4 is 15.0 Å². The van der Waals surface area contributed by atoms with Gasteiger partial charge in [0.25, 0.3) is 11.5 Å². The van der Waals surface area contributed by atoms with E-state index in [0.717, 1.165) is 5.69 Å². The van der Waals surface area contributed by atoms with Gasteiger partial charge in [0.2, 0.25) is 6.79 Å².